The molecule has 2 heterocycles. The second-order valence-electron chi connectivity index (χ2n) is 5.79. The highest BCUT2D eigenvalue weighted by molar-refractivity contribution is 7.99. The van der Waals surface area contributed by atoms with Crippen LogP contribution in [0.5, 0.6) is 5.75 Å². The molecule has 1 aromatic carbocycles. The Kier molecular flexibility index (Phi) is 5.93. The average molecular weight is 361 g/mol. The molecule has 0 aliphatic carbocycles. The highest BCUT2D eigenvalue weighted by Crippen LogP contribution is 2.22. The van der Waals surface area contributed by atoms with Gasteiger partial charge in [0.25, 0.3) is 0 Å². The van der Waals surface area contributed by atoms with Gasteiger partial charge in [-0.2, -0.15) is 0 Å². The average Bonchev–Trinajstić information content (AvgIpc) is 3.15. The summed E-state index contributed by atoms with van der Waals surface area (Å²) in [6.45, 7) is 6.71. The number of ether oxygens (including phenoxy) is 1. The molecule has 7 nitrogen and oxygen atoms in total. The van der Waals surface area contributed by atoms with Gasteiger partial charge >= 0.3 is 0 Å². The smallest absolute Gasteiger partial charge is 0.233 e. The molecular formula is C17H23N5O2S. The van der Waals surface area contributed by atoms with E-state index in [1.807, 2.05) is 33.7 Å². The first-order chi connectivity index (χ1) is 12.2. The Morgan fingerprint density at radius 2 is 1.92 bits per heavy atom. The first kappa shape index (κ1) is 17.8. The normalized spacial score (nSPS) is 15.4. The minimum absolute atomic E-state index is 0.157. The summed E-state index contributed by atoms with van der Waals surface area (Å²) >= 11 is 1.42. The van der Waals surface area contributed by atoms with Crippen LogP contribution in [0.25, 0.3) is 5.69 Å². The number of amides is 1. The second kappa shape index (κ2) is 8.35. The van der Waals surface area contributed by atoms with Gasteiger partial charge in [-0.25, -0.2) is 0 Å². The molecule has 0 unspecified atom stereocenters. The first-order valence-electron chi connectivity index (χ1n) is 8.38. The van der Waals surface area contributed by atoms with Gasteiger partial charge in [0.1, 0.15) is 12.1 Å². The molecule has 1 saturated heterocycles. The zero-order chi connectivity index (χ0) is 17.6. The number of aromatic nitrogens is 3. The summed E-state index contributed by atoms with van der Waals surface area (Å²) in [5.74, 6) is 1.33. The van der Waals surface area contributed by atoms with Gasteiger partial charge in [-0.1, -0.05) is 18.7 Å². The molecule has 25 heavy (non-hydrogen) atoms. The van der Waals surface area contributed by atoms with Crippen LogP contribution >= 0.6 is 11.8 Å². The fourth-order valence-electron chi connectivity index (χ4n) is 2.77. The molecule has 3 rings (SSSR count). The Morgan fingerprint density at radius 1 is 1.20 bits per heavy atom. The van der Waals surface area contributed by atoms with Crippen LogP contribution in [0.3, 0.4) is 0 Å². The number of likely N-dealkylation sites (N-methyl/N-ethyl adjacent to an activating group) is 1. The molecular weight excluding hydrogens is 338 g/mol. The van der Waals surface area contributed by atoms with Gasteiger partial charge in [0.15, 0.2) is 5.16 Å². The molecule has 1 aromatic heterocycles. The predicted molar refractivity (Wildman–Crippen MR) is 97.3 cm³/mol. The van der Waals surface area contributed by atoms with E-state index >= 15 is 0 Å². The van der Waals surface area contributed by atoms with E-state index in [2.05, 4.69) is 22.0 Å². The Balaban J connectivity index is 1.59. The van der Waals surface area contributed by atoms with Gasteiger partial charge in [-0.05, 0) is 30.8 Å². The van der Waals surface area contributed by atoms with Crippen molar-refractivity contribution in [2.24, 2.45) is 0 Å². The van der Waals surface area contributed by atoms with Gasteiger partial charge in [-0.15, -0.1) is 10.2 Å². The van der Waals surface area contributed by atoms with Gasteiger partial charge < -0.3 is 14.5 Å². The number of nitrogens with zero attached hydrogens (tertiary/aromatic N) is 5. The van der Waals surface area contributed by atoms with Crippen LogP contribution in [0, 0.1) is 0 Å². The Hall–Kier alpha value is -2.06. The van der Waals surface area contributed by atoms with E-state index in [9.17, 15) is 4.79 Å². The van der Waals surface area contributed by atoms with Crippen molar-refractivity contribution in [1.29, 1.82) is 0 Å². The maximum absolute atomic E-state index is 12.4. The topological polar surface area (TPSA) is 63.5 Å². The van der Waals surface area contributed by atoms with E-state index < -0.39 is 0 Å². The highest BCUT2D eigenvalue weighted by atomic mass is 32.2. The maximum atomic E-state index is 12.4. The Bertz CT molecular complexity index is 695. The van der Waals surface area contributed by atoms with Gasteiger partial charge in [0, 0.05) is 31.9 Å². The van der Waals surface area contributed by atoms with Crippen molar-refractivity contribution in [3.8, 4) is 11.4 Å². The molecule has 0 bridgehead atoms. The minimum Gasteiger partial charge on any atom is -0.497 e. The largest absolute Gasteiger partial charge is 0.497 e. The maximum Gasteiger partial charge on any atom is 0.233 e. The summed E-state index contributed by atoms with van der Waals surface area (Å²) < 4.78 is 7.06. The highest BCUT2D eigenvalue weighted by Gasteiger charge is 2.21. The van der Waals surface area contributed by atoms with Crippen LogP contribution in [-0.4, -0.2) is 76.1 Å². The number of hydrogen-bond donors (Lipinski definition) is 0. The zero-order valence-corrected chi connectivity index (χ0v) is 15.4. The number of carbonyl (C=O) groups is 1. The van der Waals surface area contributed by atoms with Crippen molar-refractivity contribution in [2.75, 3.05) is 45.6 Å². The van der Waals surface area contributed by atoms with E-state index in [1.54, 1.807) is 13.4 Å². The third-order valence-electron chi connectivity index (χ3n) is 4.36. The summed E-state index contributed by atoms with van der Waals surface area (Å²) in [5, 5.41) is 8.84. The number of benzene rings is 1. The molecule has 2 aromatic rings. The van der Waals surface area contributed by atoms with Crippen molar-refractivity contribution >= 4 is 17.7 Å². The lowest BCUT2D eigenvalue weighted by molar-refractivity contribution is -0.130. The van der Waals surface area contributed by atoms with Crippen molar-refractivity contribution in [3.05, 3.63) is 30.6 Å². The third kappa shape index (κ3) is 4.32. The first-order valence-corrected chi connectivity index (χ1v) is 9.37. The van der Waals surface area contributed by atoms with Gasteiger partial charge in [0.2, 0.25) is 5.91 Å². The van der Waals surface area contributed by atoms with Crippen LogP contribution in [0.4, 0.5) is 0 Å². The van der Waals surface area contributed by atoms with Crippen LogP contribution in [0.1, 0.15) is 6.92 Å². The van der Waals surface area contributed by atoms with E-state index in [0.29, 0.717) is 10.9 Å². The summed E-state index contributed by atoms with van der Waals surface area (Å²) in [5.41, 5.74) is 0.942. The predicted octanol–water partition coefficient (Wildman–Crippen LogP) is 1.53. The van der Waals surface area contributed by atoms with Gasteiger partial charge in [0.05, 0.1) is 12.9 Å². The summed E-state index contributed by atoms with van der Waals surface area (Å²) in [7, 11) is 1.64. The fraction of sp³-hybridized carbons (Fsp3) is 0.471. The van der Waals surface area contributed by atoms with E-state index in [4.69, 9.17) is 4.74 Å². The van der Waals surface area contributed by atoms with E-state index in [1.165, 1.54) is 11.8 Å². The minimum atomic E-state index is 0.157. The molecule has 134 valence electrons. The number of thioether (sulfide) groups is 1. The molecule has 1 aliphatic rings. The second-order valence-corrected chi connectivity index (χ2v) is 6.73. The van der Waals surface area contributed by atoms with Crippen molar-refractivity contribution in [1.82, 2.24) is 24.6 Å². The lowest BCUT2D eigenvalue weighted by atomic mass is 10.3. The van der Waals surface area contributed by atoms with Crippen molar-refractivity contribution in [3.63, 3.8) is 0 Å². The number of methoxy groups -OCH3 is 1. The summed E-state index contributed by atoms with van der Waals surface area (Å²) in [6, 6.07) is 7.67. The summed E-state index contributed by atoms with van der Waals surface area (Å²) in [6.07, 6.45) is 1.66. The molecule has 0 saturated carbocycles. The standard InChI is InChI=1S/C17H23N5O2S/c1-3-20-8-10-21(11-9-20)16(23)12-25-17-19-18-13-22(17)14-4-6-15(24-2)7-5-14/h4-7,13H,3,8-12H2,1-2H3. The number of hydrogen-bond acceptors (Lipinski definition) is 6. The van der Waals surface area contributed by atoms with E-state index in [-0.39, 0.29) is 5.91 Å². The van der Waals surface area contributed by atoms with Crippen molar-refractivity contribution in [2.45, 2.75) is 12.1 Å². The zero-order valence-electron chi connectivity index (χ0n) is 14.6. The molecule has 0 atom stereocenters. The van der Waals surface area contributed by atoms with Crippen molar-refractivity contribution < 1.29 is 9.53 Å². The van der Waals surface area contributed by atoms with Crippen LogP contribution in [0.15, 0.2) is 35.7 Å². The Labute approximate surface area is 152 Å². The van der Waals surface area contributed by atoms with Crippen LogP contribution < -0.4 is 4.74 Å². The quantitative estimate of drug-likeness (QED) is 0.727. The molecule has 8 heteroatoms. The summed E-state index contributed by atoms with van der Waals surface area (Å²) in [4.78, 5) is 16.7. The SMILES string of the molecule is CCN1CCN(C(=O)CSc2nncn2-c2ccc(OC)cc2)CC1. The van der Waals surface area contributed by atoms with E-state index in [0.717, 1.165) is 44.2 Å². The molecule has 1 fully saturated rings. The third-order valence-corrected chi connectivity index (χ3v) is 5.29. The van der Waals surface area contributed by atoms with Crippen LogP contribution in [-0.2, 0) is 4.79 Å². The molecule has 1 amide bonds. The van der Waals surface area contributed by atoms with Crippen LogP contribution in [0.2, 0.25) is 0 Å². The monoisotopic (exact) mass is 361 g/mol. The number of rotatable bonds is 6. The molecule has 0 radical (unpaired) electrons. The molecule has 1 aliphatic heterocycles. The lowest BCUT2D eigenvalue weighted by Gasteiger charge is -2.34. The van der Waals surface area contributed by atoms with Gasteiger partial charge in [-0.3, -0.25) is 9.36 Å². The Morgan fingerprint density at radius 3 is 2.56 bits per heavy atom. The fourth-order valence-corrected chi connectivity index (χ4v) is 3.61. The molecule has 0 N–H and O–H groups in total. The number of piperazine rings is 1. The number of carbonyl (C=O) groups excluding carboxylic acids is 1. The molecule has 0 spiro atoms. The lowest BCUT2D eigenvalue weighted by Crippen LogP contribution is -2.49.